The summed E-state index contributed by atoms with van der Waals surface area (Å²) in [5, 5.41) is 0. The van der Waals surface area contributed by atoms with Crippen LogP contribution in [0, 0.1) is 18.2 Å². The van der Waals surface area contributed by atoms with Crippen molar-refractivity contribution in [2.75, 3.05) is 23.7 Å². The van der Waals surface area contributed by atoms with Crippen LogP contribution in [0.5, 0.6) is 0 Å². The Hall–Kier alpha value is -1.25. The van der Waals surface area contributed by atoms with Gasteiger partial charge in [-0.3, -0.25) is 0 Å². The monoisotopic (exact) mass is 276 g/mol. The first-order valence-electron chi connectivity index (χ1n) is 7.90. The second-order valence-corrected chi connectivity index (χ2v) is 6.71. The molecule has 0 unspecified atom stereocenters. The lowest BCUT2D eigenvalue weighted by atomic mass is 9.68. The minimum absolute atomic E-state index is 0.202. The summed E-state index contributed by atoms with van der Waals surface area (Å²) < 4.78 is 13.5. The zero-order valence-electron chi connectivity index (χ0n) is 12.4. The van der Waals surface area contributed by atoms with E-state index in [2.05, 4.69) is 4.90 Å². The minimum Gasteiger partial charge on any atom is -0.397 e. The number of rotatable bonds is 1. The standard InChI is InChI=1S/C17H25FN2/c1-13-11-16(15(19)12-14(13)18)20-9-7-17(8-10-20)5-3-2-4-6-17/h11-12H,2-10,19H2,1H3. The summed E-state index contributed by atoms with van der Waals surface area (Å²) in [6, 6.07) is 3.37. The average molecular weight is 276 g/mol. The van der Waals surface area contributed by atoms with Gasteiger partial charge >= 0.3 is 0 Å². The Morgan fingerprint density at radius 3 is 2.35 bits per heavy atom. The third-order valence-electron chi connectivity index (χ3n) is 5.39. The first kappa shape index (κ1) is 13.7. The molecule has 2 nitrogen and oxygen atoms in total. The molecule has 1 saturated carbocycles. The molecule has 0 amide bonds. The van der Waals surface area contributed by atoms with Crippen LogP contribution in [0.25, 0.3) is 0 Å². The molecule has 2 fully saturated rings. The lowest BCUT2D eigenvalue weighted by Crippen LogP contribution is -2.41. The van der Waals surface area contributed by atoms with Gasteiger partial charge in [0, 0.05) is 13.1 Å². The van der Waals surface area contributed by atoms with E-state index in [9.17, 15) is 4.39 Å². The van der Waals surface area contributed by atoms with Crippen LogP contribution in [-0.2, 0) is 0 Å². The van der Waals surface area contributed by atoms with E-state index in [1.54, 1.807) is 0 Å². The number of hydrogen-bond donors (Lipinski definition) is 1. The van der Waals surface area contributed by atoms with Gasteiger partial charge in [0.1, 0.15) is 5.82 Å². The molecule has 20 heavy (non-hydrogen) atoms. The Morgan fingerprint density at radius 1 is 1.05 bits per heavy atom. The van der Waals surface area contributed by atoms with Gasteiger partial charge in [0.05, 0.1) is 11.4 Å². The number of halogens is 1. The number of nitrogens with zero attached hydrogens (tertiary/aromatic N) is 1. The number of benzene rings is 1. The minimum atomic E-state index is -0.202. The van der Waals surface area contributed by atoms with E-state index < -0.39 is 0 Å². The van der Waals surface area contributed by atoms with Crippen molar-refractivity contribution in [3.05, 3.63) is 23.5 Å². The zero-order valence-corrected chi connectivity index (χ0v) is 12.4. The Morgan fingerprint density at radius 2 is 1.70 bits per heavy atom. The van der Waals surface area contributed by atoms with Crippen molar-refractivity contribution in [2.24, 2.45) is 5.41 Å². The first-order valence-corrected chi connectivity index (χ1v) is 7.90. The summed E-state index contributed by atoms with van der Waals surface area (Å²) in [5.74, 6) is -0.202. The van der Waals surface area contributed by atoms with Gasteiger partial charge in [0.15, 0.2) is 0 Å². The fourth-order valence-electron chi connectivity index (χ4n) is 3.98. The van der Waals surface area contributed by atoms with Crippen LogP contribution < -0.4 is 10.6 Å². The van der Waals surface area contributed by atoms with E-state index in [1.807, 2.05) is 13.0 Å². The van der Waals surface area contributed by atoms with Crippen LogP contribution in [-0.4, -0.2) is 13.1 Å². The fraction of sp³-hybridized carbons (Fsp3) is 0.647. The van der Waals surface area contributed by atoms with E-state index >= 15 is 0 Å². The highest BCUT2D eigenvalue weighted by Gasteiger charge is 2.35. The average Bonchev–Trinajstić information content (AvgIpc) is 2.45. The zero-order chi connectivity index (χ0) is 14.2. The van der Waals surface area contributed by atoms with Crippen molar-refractivity contribution >= 4 is 11.4 Å². The first-order chi connectivity index (χ1) is 9.60. The topological polar surface area (TPSA) is 29.3 Å². The van der Waals surface area contributed by atoms with E-state index in [1.165, 1.54) is 51.0 Å². The summed E-state index contributed by atoms with van der Waals surface area (Å²) >= 11 is 0. The van der Waals surface area contributed by atoms with Crippen molar-refractivity contribution in [3.63, 3.8) is 0 Å². The number of piperidine rings is 1. The normalized spacial score (nSPS) is 22.2. The predicted octanol–water partition coefficient (Wildman–Crippen LogP) is 4.27. The molecule has 2 N–H and O–H groups in total. The highest BCUT2D eigenvalue weighted by Crippen LogP contribution is 2.45. The second-order valence-electron chi connectivity index (χ2n) is 6.71. The van der Waals surface area contributed by atoms with Crippen molar-refractivity contribution in [2.45, 2.75) is 51.9 Å². The van der Waals surface area contributed by atoms with Gasteiger partial charge in [-0.05, 0) is 55.7 Å². The maximum Gasteiger partial charge on any atom is 0.128 e. The van der Waals surface area contributed by atoms with Gasteiger partial charge < -0.3 is 10.6 Å². The molecule has 1 saturated heterocycles. The highest BCUT2D eigenvalue weighted by atomic mass is 19.1. The summed E-state index contributed by atoms with van der Waals surface area (Å²) in [4.78, 5) is 2.35. The van der Waals surface area contributed by atoms with Gasteiger partial charge in [0.2, 0.25) is 0 Å². The van der Waals surface area contributed by atoms with E-state index in [4.69, 9.17) is 5.73 Å². The molecule has 0 bridgehead atoms. The van der Waals surface area contributed by atoms with E-state index in [0.717, 1.165) is 18.8 Å². The molecule has 1 aliphatic heterocycles. The molecule has 3 rings (SSSR count). The van der Waals surface area contributed by atoms with Crippen LogP contribution in [0.15, 0.2) is 12.1 Å². The van der Waals surface area contributed by atoms with Crippen LogP contribution in [0.2, 0.25) is 0 Å². The van der Waals surface area contributed by atoms with Crippen molar-refractivity contribution in [3.8, 4) is 0 Å². The lowest BCUT2D eigenvalue weighted by molar-refractivity contribution is 0.144. The summed E-state index contributed by atoms with van der Waals surface area (Å²) in [7, 11) is 0. The predicted molar refractivity (Wildman–Crippen MR) is 82.5 cm³/mol. The molecule has 3 heteroatoms. The molecule has 1 aliphatic carbocycles. The van der Waals surface area contributed by atoms with Gasteiger partial charge in [-0.25, -0.2) is 4.39 Å². The summed E-state index contributed by atoms with van der Waals surface area (Å²) in [6.07, 6.45) is 9.55. The summed E-state index contributed by atoms with van der Waals surface area (Å²) in [5.41, 5.74) is 8.89. The molecule has 110 valence electrons. The number of nitrogen functional groups attached to an aromatic ring is 1. The molecule has 0 atom stereocenters. The third kappa shape index (κ3) is 2.50. The number of aryl methyl sites for hydroxylation is 1. The Labute approximate surface area is 121 Å². The fourth-order valence-corrected chi connectivity index (χ4v) is 3.98. The molecule has 1 heterocycles. The van der Waals surface area contributed by atoms with Gasteiger partial charge in [-0.2, -0.15) is 0 Å². The third-order valence-corrected chi connectivity index (χ3v) is 5.39. The van der Waals surface area contributed by atoms with E-state index in [0.29, 0.717) is 16.7 Å². The van der Waals surface area contributed by atoms with Crippen LogP contribution in [0.1, 0.15) is 50.5 Å². The SMILES string of the molecule is Cc1cc(N2CCC3(CCCCC3)CC2)c(N)cc1F. The molecule has 1 spiro atoms. The lowest BCUT2D eigenvalue weighted by Gasteiger charge is -2.45. The van der Waals surface area contributed by atoms with Crippen molar-refractivity contribution in [1.29, 1.82) is 0 Å². The second kappa shape index (κ2) is 5.27. The Balaban J connectivity index is 1.73. The maximum absolute atomic E-state index is 13.5. The molecule has 1 aromatic carbocycles. The van der Waals surface area contributed by atoms with Gasteiger partial charge in [0.25, 0.3) is 0 Å². The molecule has 2 aliphatic rings. The molecular formula is C17H25FN2. The van der Waals surface area contributed by atoms with Crippen molar-refractivity contribution in [1.82, 2.24) is 0 Å². The van der Waals surface area contributed by atoms with Gasteiger partial charge in [-0.1, -0.05) is 19.3 Å². The quantitative estimate of drug-likeness (QED) is 0.776. The van der Waals surface area contributed by atoms with Crippen LogP contribution in [0.3, 0.4) is 0 Å². The molecule has 1 aromatic rings. The molecule has 0 aromatic heterocycles. The van der Waals surface area contributed by atoms with Gasteiger partial charge in [-0.15, -0.1) is 0 Å². The highest BCUT2D eigenvalue weighted by molar-refractivity contribution is 5.69. The number of anilines is 2. The Kier molecular flexibility index (Phi) is 3.61. The maximum atomic E-state index is 13.5. The largest absolute Gasteiger partial charge is 0.397 e. The van der Waals surface area contributed by atoms with Crippen LogP contribution >= 0.6 is 0 Å². The summed E-state index contributed by atoms with van der Waals surface area (Å²) in [6.45, 7) is 3.94. The van der Waals surface area contributed by atoms with Crippen LogP contribution in [0.4, 0.5) is 15.8 Å². The molecule has 0 radical (unpaired) electrons. The smallest absolute Gasteiger partial charge is 0.128 e. The van der Waals surface area contributed by atoms with E-state index in [-0.39, 0.29) is 5.82 Å². The van der Waals surface area contributed by atoms with Crippen molar-refractivity contribution < 1.29 is 4.39 Å². The number of nitrogens with two attached hydrogens (primary N) is 1. The Bertz CT molecular complexity index is 482. The molecular weight excluding hydrogens is 251 g/mol. The number of hydrogen-bond acceptors (Lipinski definition) is 2.